The number of rotatable bonds is 3. The van der Waals surface area contributed by atoms with E-state index in [1.54, 1.807) is 6.26 Å². The summed E-state index contributed by atoms with van der Waals surface area (Å²) in [7, 11) is 1.44. The van der Waals surface area contributed by atoms with Crippen molar-refractivity contribution in [3.05, 3.63) is 23.3 Å². The standard InChI is InChI=1S/C11H12N2O4/c1-3-6-4-17-5-7-8(6)12-9(11(14)15)13-10(7)16-2/h4H,3,5H2,1-2H3,(H,14,15). The minimum atomic E-state index is -1.17. The lowest BCUT2D eigenvalue weighted by Gasteiger charge is -2.18. The lowest BCUT2D eigenvalue weighted by Crippen LogP contribution is -2.14. The fourth-order valence-corrected chi connectivity index (χ4v) is 1.66. The quantitative estimate of drug-likeness (QED) is 0.855. The number of ether oxygens (including phenoxy) is 2. The maximum atomic E-state index is 10.9. The first-order valence-corrected chi connectivity index (χ1v) is 5.16. The lowest BCUT2D eigenvalue weighted by molar-refractivity contribution is 0.0681. The third-order valence-corrected chi connectivity index (χ3v) is 2.49. The molecule has 0 fully saturated rings. The molecule has 0 aliphatic carbocycles. The monoisotopic (exact) mass is 236 g/mol. The van der Waals surface area contributed by atoms with Gasteiger partial charge in [-0.2, -0.15) is 4.98 Å². The average Bonchev–Trinajstić information content (AvgIpc) is 2.36. The van der Waals surface area contributed by atoms with Crippen LogP contribution in [0.15, 0.2) is 6.26 Å². The first-order valence-electron chi connectivity index (χ1n) is 5.16. The molecule has 6 heteroatoms. The highest BCUT2D eigenvalue weighted by molar-refractivity contribution is 5.84. The van der Waals surface area contributed by atoms with Gasteiger partial charge in [-0.1, -0.05) is 6.92 Å². The molecule has 0 spiro atoms. The van der Waals surface area contributed by atoms with Crippen LogP contribution in [-0.2, 0) is 11.3 Å². The summed E-state index contributed by atoms with van der Waals surface area (Å²) in [6.45, 7) is 2.24. The SMILES string of the molecule is CCC1=COCc2c(OC)nc(C(=O)O)nc21. The van der Waals surface area contributed by atoms with Gasteiger partial charge in [-0.05, 0) is 6.42 Å². The van der Waals surface area contributed by atoms with Gasteiger partial charge in [0.05, 0.1) is 24.6 Å². The Balaban J connectivity index is 2.62. The summed E-state index contributed by atoms with van der Waals surface area (Å²) < 4.78 is 10.3. The fourth-order valence-electron chi connectivity index (χ4n) is 1.66. The van der Waals surface area contributed by atoms with E-state index < -0.39 is 5.97 Å². The van der Waals surface area contributed by atoms with Crippen LogP contribution in [0.1, 0.15) is 35.2 Å². The highest BCUT2D eigenvalue weighted by Crippen LogP contribution is 2.30. The van der Waals surface area contributed by atoms with Crippen LogP contribution < -0.4 is 4.74 Å². The Morgan fingerprint density at radius 3 is 2.94 bits per heavy atom. The number of fused-ring (bicyclic) bond motifs is 1. The maximum Gasteiger partial charge on any atom is 0.374 e. The number of nitrogens with zero attached hydrogens (tertiary/aromatic N) is 2. The summed E-state index contributed by atoms with van der Waals surface area (Å²) in [6, 6.07) is 0. The molecule has 17 heavy (non-hydrogen) atoms. The zero-order valence-electron chi connectivity index (χ0n) is 9.56. The van der Waals surface area contributed by atoms with Gasteiger partial charge in [0.25, 0.3) is 0 Å². The molecule has 2 heterocycles. The molecular weight excluding hydrogens is 224 g/mol. The molecule has 0 atom stereocenters. The zero-order valence-corrected chi connectivity index (χ0v) is 9.56. The van der Waals surface area contributed by atoms with Gasteiger partial charge in [0.15, 0.2) is 0 Å². The second-order valence-corrected chi connectivity index (χ2v) is 3.50. The van der Waals surface area contributed by atoms with Crippen molar-refractivity contribution in [1.82, 2.24) is 9.97 Å². The smallest absolute Gasteiger partial charge is 0.374 e. The van der Waals surface area contributed by atoms with Gasteiger partial charge in [-0.3, -0.25) is 0 Å². The van der Waals surface area contributed by atoms with Crippen molar-refractivity contribution in [1.29, 1.82) is 0 Å². The predicted octanol–water partition coefficient (Wildman–Crippen LogP) is 1.46. The van der Waals surface area contributed by atoms with Crippen molar-refractivity contribution in [2.24, 2.45) is 0 Å². The molecule has 0 aromatic carbocycles. The minimum absolute atomic E-state index is 0.256. The highest BCUT2D eigenvalue weighted by atomic mass is 16.5. The molecule has 0 radical (unpaired) electrons. The van der Waals surface area contributed by atoms with E-state index in [-0.39, 0.29) is 11.7 Å². The molecule has 0 unspecified atom stereocenters. The summed E-state index contributed by atoms with van der Waals surface area (Å²) in [5.74, 6) is -1.18. The molecule has 1 aliphatic rings. The van der Waals surface area contributed by atoms with E-state index in [2.05, 4.69) is 9.97 Å². The van der Waals surface area contributed by atoms with Crippen molar-refractivity contribution in [2.75, 3.05) is 7.11 Å². The second kappa shape index (κ2) is 4.40. The fraction of sp³-hybridized carbons (Fsp3) is 0.364. The average molecular weight is 236 g/mol. The van der Waals surface area contributed by atoms with E-state index in [1.807, 2.05) is 6.92 Å². The second-order valence-electron chi connectivity index (χ2n) is 3.50. The number of carbonyl (C=O) groups is 1. The Hall–Kier alpha value is -2.11. The van der Waals surface area contributed by atoms with E-state index in [9.17, 15) is 4.79 Å². The maximum absolute atomic E-state index is 10.9. The van der Waals surface area contributed by atoms with Crippen molar-refractivity contribution < 1.29 is 19.4 Å². The minimum Gasteiger partial charge on any atom is -0.496 e. The number of carboxylic acid groups (broad SMARTS) is 1. The summed E-state index contributed by atoms with van der Waals surface area (Å²) in [4.78, 5) is 18.8. The largest absolute Gasteiger partial charge is 0.496 e. The van der Waals surface area contributed by atoms with Crippen molar-refractivity contribution in [3.8, 4) is 5.88 Å². The van der Waals surface area contributed by atoms with Crippen LogP contribution in [0.5, 0.6) is 5.88 Å². The van der Waals surface area contributed by atoms with Crippen molar-refractivity contribution in [3.63, 3.8) is 0 Å². The van der Waals surface area contributed by atoms with Crippen molar-refractivity contribution in [2.45, 2.75) is 20.0 Å². The summed E-state index contributed by atoms with van der Waals surface area (Å²) in [5, 5.41) is 8.93. The molecule has 0 amide bonds. The third-order valence-electron chi connectivity index (χ3n) is 2.49. The Bertz CT molecular complexity index is 496. The zero-order chi connectivity index (χ0) is 12.4. The van der Waals surface area contributed by atoms with Crippen LogP contribution in [-0.4, -0.2) is 28.2 Å². The molecule has 6 nitrogen and oxygen atoms in total. The van der Waals surface area contributed by atoms with E-state index in [0.717, 1.165) is 5.57 Å². The predicted molar refractivity (Wildman–Crippen MR) is 58.6 cm³/mol. The van der Waals surface area contributed by atoms with E-state index >= 15 is 0 Å². The Morgan fingerprint density at radius 1 is 1.59 bits per heavy atom. The summed E-state index contributed by atoms with van der Waals surface area (Å²) in [5.41, 5.74) is 2.13. The number of aromatic carboxylic acids is 1. The first-order chi connectivity index (χ1) is 8.17. The van der Waals surface area contributed by atoms with Gasteiger partial charge in [0, 0.05) is 5.57 Å². The van der Waals surface area contributed by atoms with Gasteiger partial charge in [0.1, 0.15) is 6.61 Å². The molecule has 1 aromatic heterocycles. The molecule has 0 saturated heterocycles. The van der Waals surface area contributed by atoms with Crippen molar-refractivity contribution >= 4 is 11.5 Å². The molecule has 1 aromatic rings. The molecule has 0 saturated carbocycles. The van der Waals surface area contributed by atoms with E-state index in [1.165, 1.54) is 7.11 Å². The van der Waals surface area contributed by atoms with E-state index in [0.29, 0.717) is 24.3 Å². The molecular formula is C11H12N2O4. The van der Waals surface area contributed by atoms with Crippen LogP contribution in [0.25, 0.3) is 5.57 Å². The lowest BCUT2D eigenvalue weighted by atomic mass is 10.0. The number of allylic oxidation sites excluding steroid dienone is 1. The molecule has 1 aliphatic heterocycles. The summed E-state index contributed by atoms with van der Waals surface area (Å²) >= 11 is 0. The van der Waals surface area contributed by atoms with Gasteiger partial charge in [-0.15, -0.1) is 0 Å². The van der Waals surface area contributed by atoms with Crippen LogP contribution in [0.3, 0.4) is 0 Å². The molecule has 2 rings (SSSR count). The van der Waals surface area contributed by atoms with Gasteiger partial charge >= 0.3 is 5.97 Å². The number of methoxy groups -OCH3 is 1. The topological polar surface area (TPSA) is 81.5 Å². The number of aromatic nitrogens is 2. The molecule has 1 N–H and O–H groups in total. The van der Waals surface area contributed by atoms with Crippen LogP contribution in [0, 0.1) is 0 Å². The van der Waals surface area contributed by atoms with Gasteiger partial charge < -0.3 is 14.6 Å². The van der Waals surface area contributed by atoms with Gasteiger partial charge in [-0.25, -0.2) is 9.78 Å². The highest BCUT2D eigenvalue weighted by Gasteiger charge is 2.23. The normalized spacial score (nSPS) is 13.4. The number of hydrogen-bond acceptors (Lipinski definition) is 5. The molecule has 0 bridgehead atoms. The number of hydrogen-bond donors (Lipinski definition) is 1. The Morgan fingerprint density at radius 2 is 2.35 bits per heavy atom. The Labute approximate surface area is 97.9 Å². The van der Waals surface area contributed by atoms with Crippen LogP contribution in [0.2, 0.25) is 0 Å². The number of carboxylic acids is 1. The summed E-state index contributed by atoms with van der Waals surface area (Å²) in [6.07, 6.45) is 2.30. The van der Waals surface area contributed by atoms with Gasteiger partial charge in [0.2, 0.25) is 11.7 Å². The third kappa shape index (κ3) is 1.93. The Kier molecular flexibility index (Phi) is 2.95. The first kappa shape index (κ1) is 11.4. The van der Waals surface area contributed by atoms with Crippen LogP contribution in [0.4, 0.5) is 0 Å². The van der Waals surface area contributed by atoms with Crippen LogP contribution >= 0.6 is 0 Å². The van der Waals surface area contributed by atoms with E-state index in [4.69, 9.17) is 14.6 Å². The molecule has 90 valence electrons.